The molecule has 0 spiro atoms. The van der Waals surface area contributed by atoms with Crippen molar-refractivity contribution in [2.24, 2.45) is 0 Å². The molecular weight excluding hydrogens is 340 g/mol. The normalized spacial score (nSPS) is 10.6. The van der Waals surface area contributed by atoms with E-state index in [1.807, 2.05) is 24.3 Å². The number of carbonyl (C=O) groups is 2. The predicted molar refractivity (Wildman–Crippen MR) is 104 cm³/mol. The largest absolute Gasteiger partial charge is 0.507 e. The van der Waals surface area contributed by atoms with Gasteiger partial charge in [-0.2, -0.15) is 0 Å². The molecule has 0 saturated carbocycles. The molecule has 0 amide bonds. The van der Waals surface area contributed by atoms with E-state index in [-0.39, 0.29) is 16.9 Å². The van der Waals surface area contributed by atoms with Crippen molar-refractivity contribution in [2.45, 2.75) is 19.8 Å². The van der Waals surface area contributed by atoms with E-state index in [1.54, 1.807) is 12.1 Å². The molecule has 0 aliphatic heterocycles. The molecule has 4 nitrogen and oxygen atoms in total. The number of ketones is 1. The smallest absolute Gasteiger partial charge is 0.339 e. The van der Waals surface area contributed by atoms with Crippen molar-refractivity contribution in [3.05, 3.63) is 89.0 Å². The monoisotopic (exact) mass is 360 g/mol. The van der Waals surface area contributed by atoms with Crippen LogP contribution >= 0.6 is 0 Å². The summed E-state index contributed by atoms with van der Waals surface area (Å²) in [7, 11) is 0. The summed E-state index contributed by atoms with van der Waals surface area (Å²) in [6.45, 7) is 2.14. The number of rotatable bonds is 6. The zero-order valence-electron chi connectivity index (χ0n) is 15.0. The van der Waals surface area contributed by atoms with Gasteiger partial charge in [-0.25, -0.2) is 4.79 Å². The molecule has 0 aliphatic carbocycles. The highest BCUT2D eigenvalue weighted by Crippen LogP contribution is 2.25. The first kappa shape index (κ1) is 18.4. The summed E-state index contributed by atoms with van der Waals surface area (Å²) in [6, 6.07) is 19.4. The first-order valence-electron chi connectivity index (χ1n) is 8.80. The standard InChI is InChI=1S/C23H20O4/c1-2-4-15-7-9-16(10-8-15)17-5-3-6-18(13-17)22(25)19-11-12-20(23(26)27)21(24)14-19/h3,5-14,24H,2,4H2,1H3,(H,26,27). The van der Waals surface area contributed by atoms with E-state index >= 15 is 0 Å². The molecule has 0 aromatic heterocycles. The minimum Gasteiger partial charge on any atom is -0.507 e. The van der Waals surface area contributed by atoms with E-state index in [1.165, 1.54) is 23.8 Å². The molecule has 27 heavy (non-hydrogen) atoms. The Kier molecular flexibility index (Phi) is 5.36. The third-order valence-electron chi connectivity index (χ3n) is 4.44. The van der Waals surface area contributed by atoms with Gasteiger partial charge in [-0.05, 0) is 47.4 Å². The molecule has 0 atom stereocenters. The van der Waals surface area contributed by atoms with E-state index in [9.17, 15) is 14.7 Å². The van der Waals surface area contributed by atoms with Gasteiger partial charge in [0.2, 0.25) is 0 Å². The zero-order valence-corrected chi connectivity index (χ0v) is 15.0. The topological polar surface area (TPSA) is 74.6 Å². The Bertz CT molecular complexity index is 988. The van der Waals surface area contributed by atoms with Crippen molar-refractivity contribution < 1.29 is 19.8 Å². The summed E-state index contributed by atoms with van der Waals surface area (Å²) in [6.07, 6.45) is 2.13. The molecule has 2 N–H and O–H groups in total. The molecule has 3 rings (SSSR count). The lowest BCUT2D eigenvalue weighted by atomic mass is 9.96. The lowest BCUT2D eigenvalue weighted by molar-refractivity contribution is 0.0693. The predicted octanol–water partition coefficient (Wildman–Crippen LogP) is 4.94. The lowest BCUT2D eigenvalue weighted by Gasteiger charge is -2.08. The SMILES string of the molecule is CCCc1ccc(-c2cccc(C(=O)c3ccc(C(=O)O)c(O)c3)c2)cc1. The number of hydrogen-bond donors (Lipinski definition) is 2. The Morgan fingerprint density at radius 1 is 0.852 bits per heavy atom. The van der Waals surface area contributed by atoms with Gasteiger partial charge in [-0.3, -0.25) is 4.79 Å². The summed E-state index contributed by atoms with van der Waals surface area (Å²) in [5.41, 5.74) is 3.72. The van der Waals surface area contributed by atoms with Gasteiger partial charge >= 0.3 is 5.97 Å². The Balaban J connectivity index is 1.89. The molecule has 4 heteroatoms. The molecular formula is C23H20O4. The molecule has 3 aromatic rings. The van der Waals surface area contributed by atoms with E-state index in [0.29, 0.717) is 5.56 Å². The van der Waals surface area contributed by atoms with Gasteiger partial charge in [0.15, 0.2) is 5.78 Å². The highest BCUT2D eigenvalue weighted by atomic mass is 16.4. The van der Waals surface area contributed by atoms with Crippen molar-refractivity contribution in [2.75, 3.05) is 0 Å². The van der Waals surface area contributed by atoms with Gasteiger partial charge < -0.3 is 10.2 Å². The summed E-state index contributed by atoms with van der Waals surface area (Å²) in [5, 5.41) is 18.8. The van der Waals surface area contributed by atoms with Crippen LogP contribution in [0.1, 0.15) is 45.2 Å². The van der Waals surface area contributed by atoms with Gasteiger partial charge in [0.25, 0.3) is 0 Å². The molecule has 0 fully saturated rings. The second-order valence-corrected chi connectivity index (χ2v) is 6.39. The zero-order chi connectivity index (χ0) is 19.4. The number of carbonyl (C=O) groups excluding carboxylic acids is 1. The molecule has 0 heterocycles. The minimum absolute atomic E-state index is 0.229. The number of aromatic carboxylic acids is 1. The quantitative estimate of drug-likeness (QED) is 0.611. The highest BCUT2D eigenvalue weighted by Gasteiger charge is 2.15. The van der Waals surface area contributed by atoms with Crippen LogP contribution in [0.2, 0.25) is 0 Å². The fraction of sp³-hybridized carbons (Fsp3) is 0.130. The molecule has 0 unspecified atom stereocenters. The van der Waals surface area contributed by atoms with Gasteiger partial charge in [0.05, 0.1) is 0 Å². The maximum atomic E-state index is 12.7. The van der Waals surface area contributed by atoms with Gasteiger partial charge in [-0.15, -0.1) is 0 Å². The van der Waals surface area contributed by atoms with Crippen molar-refractivity contribution in [1.29, 1.82) is 0 Å². The third-order valence-corrected chi connectivity index (χ3v) is 4.44. The third kappa shape index (κ3) is 4.06. The number of aryl methyl sites for hydroxylation is 1. The van der Waals surface area contributed by atoms with E-state index in [4.69, 9.17) is 5.11 Å². The molecule has 0 bridgehead atoms. The number of phenols is 1. The minimum atomic E-state index is -1.24. The number of benzene rings is 3. The van der Waals surface area contributed by atoms with Crippen LogP contribution in [0.5, 0.6) is 5.75 Å². The fourth-order valence-corrected chi connectivity index (χ4v) is 3.01. The van der Waals surface area contributed by atoms with Crippen LogP contribution in [0.3, 0.4) is 0 Å². The Labute approximate surface area is 157 Å². The van der Waals surface area contributed by atoms with Crippen LogP contribution in [0.15, 0.2) is 66.7 Å². The van der Waals surface area contributed by atoms with Crippen LogP contribution in [0, 0.1) is 0 Å². The van der Waals surface area contributed by atoms with Crippen molar-refractivity contribution in [3.63, 3.8) is 0 Å². The summed E-state index contributed by atoms with van der Waals surface area (Å²) >= 11 is 0. The van der Waals surface area contributed by atoms with E-state index in [2.05, 4.69) is 19.1 Å². The Morgan fingerprint density at radius 2 is 1.56 bits per heavy atom. The first-order chi connectivity index (χ1) is 13.0. The summed E-state index contributed by atoms with van der Waals surface area (Å²) in [5.74, 6) is -1.93. The molecule has 0 aliphatic rings. The number of carboxylic acids is 1. The van der Waals surface area contributed by atoms with Crippen molar-refractivity contribution in [1.82, 2.24) is 0 Å². The second-order valence-electron chi connectivity index (χ2n) is 6.39. The maximum absolute atomic E-state index is 12.7. The fourth-order valence-electron chi connectivity index (χ4n) is 3.01. The molecule has 0 radical (unpaired) electrons. The summed E-state index contributed by atoms with van der Waals surface area (Å²) in [4.78, 5) is 23.7. The number of hydrogen-bond acceptors (Lipinski definition) is 3. The Hall–Kier alpha value is -3.40. The number of aromatic hydroxyl groups is 1. The van der Waals surface area contributed by atoms with Gasteiger partial charge in [0, 0.05) is 11.1 Å². The number of carboxylic acid groups (broad SMARTS) is 1. The molecule has 0 saturated heterocycles. The van der Waals surface area contributed by atoms with Crippen molar-refractivity contribution in [3.8, 4) is 16.9 Å². The second kappa shape index (κ2) is 7.87. The summed E-state index contributed by atoms with van der Waals surface area (Å²) < 4.78 is 0. The molecule has 136 valence electrons. The lowest BCUT2D eigenvalue weighted by Crippen LogP contribution is -2.03. The van der Waals surface area contributed by atoms with Crippen LogP contribution in [0.25, 0.3) is 11.1 Å². The van der Waals surface area contributed by atoms with Crippen molar-refractivity contribution >= 4 is 11.8 Å². The van der Waals surface area contributed by atoms with Crippen LogP contribution in [0.4, 0.5) is 0 Å². The van der Waals surface area contributed by atoms with E-state index < -0.39 is 11.7 Å². The van der Waals surface area contributed by atoms with Crippen LogP contribution in [-0.2, 0) is 6.42 Å². The Morgan fingerprint density at radius 3 is 2.19 bits per heavy atom. The highest BCUT2D eigenvalue weighted by molar-refractivity contribution is 6.10. The van der Waals surface area contributed by atoms with Crippen LogP contribution in [-0.4, -0.2) is 22.0 Å². The van der Waals surface area contributed by atoms with Gasteiger partial charge in [0.1, 0.15) is 11.3 Å². The van der Waals surface area contributed by atoms with Crippen LogP contribution < -0.4 is 0 Å². The average Bonchev–Trinajstić information content (AvgIpc) is 2.68. The van der Waals surface area contributed by atoms with Gasteiger partial charge in [-0.1, -0.05) is 55.8 Å². The maximum Gasteiger partial charge on any atom is 0.339 e. The molecule has 3 aromatic carbocycles. The average molecular weight is 360 g/mol. The van der Waals surface area contributed by atoms with E-state index in [0.717, 1.165) is 24.0 Å². The first-order valence-corrected chi connectivity index (χ1v) is 8.80.